The lowest BCUT2D eigenvalue weighted by Crippen LogP contribution is -2.29. The number of ether oxygens (including phenoxy) is 1. The van der Waals surface area contributed by atoms with Gasteiger partial charge in [-0.2, -0.15) is 5.10 Å². The van der Waals surface area contributed by atoms with Gasteiger partial charge in [-0.15, -0.1) is 12.4 Å². The van der Waals surface area contributed by atoms with Crippen molar-refractivity contribution in [3.63, 3.8) is 0 Å². The van der Waals surface area contributed by atoms with Crippen LogP contribution in [0.5, 0.6) is 5.75 Å². The van der Waals surface area contributed by atoms with Crippen LogP contribution in [0.3, 0.4) is 0 Å². The Morgan fingerprint density at radius 2 is 1.96 bits per heavy atom. The van der Waals surface area contributed by atoms with E-state index in [-0.39, 0.29) is 18.0 Å². The van der Waals surface area contributed by atoms with Gasteiger partial charge in [0.2, 0.25) is 0 Å². The summed E-state index contributed by atoms with van der Waals surface area (Å²) in [6.07, 6.45) is 1.72. The van der Waals surface area contributed by atoms with Crippen molar-refractivity contribution in [1.82, 2.24) is 19.7 Å². The average Bonchev–Trinajstić information content (AvgIpc) is 2.61. The fraction of sp³-hybridized carbons (Fsp3) is 0.278. The van der Waals surface area contributed by atoms with Gasteiger partial charge in [0.25, 0.3) is 5.56 Å². The van der Waals surface area contributed by atoms with E-state index in [4.69, 9.17) is 4.74 Å². The fourth-order valence-electron chi connectivity index (χ4n) is 2.53. The molecule has 0 saturated heterocycles. The van der Waals surface area contributed by atoms with E-state index in [9.17, 15) is 4.79 Å². The summed E-state index contributed by atoms with van der Waals surface area (Å²) in [6, 6.07) is 11.1. The molecule has 0 spiro atoms. The molecule has 2 aromatic heterocycles. The number of pyridine rings is 1. The number of methoxy groups -OCH3 is 1. The summed E-state index contributed by atoms with van der Waals surface area (Å²) in [5.41, 5.74) is 1.31. The molecule has 0 aliphatic rings. The number of benzene rings is 1. The van der Waals surface area contributed by atoms with Crippen LogP contribution in [0, 0.1) is 0 Å². The van der Waals surface area contributed by atoms with Gasteiger partial charge in [0.1, 0.15) is 11.4 Å². The first kappa shape index (κ1) is 18.9. The molecule has 0 unspecified atom stereocenters. The predicted octanol–water partition coefficient (Wildman–Crippen LogP) is 2.45. The topological polar surface area (TPSA) is 60.2 Å². The molecule has 0 atom stereocenters. The predicted molar refractivity (Wildman–Crippen MR) is 102 cm³/mol. The first-order valence-corrected chi connectivity index (χ1v) is 7.75. The number of fused-ring (bicyclic) bond motifs is 1. The van der Waals surface area contributed by atoms with Gasteiger partial charge in [-0.3, -0.25) is 9.78 Å². The second-order valence-electron chi connectivity index (χ2n) is 5.81. The van der Waals surface area contributed by atoms with Gasteiger partial charge in [0, 0.05) is 18.1 Å². The summed E-state index contributed by atoms with van der Waals surface area (Å²) < 4.78 is 6.81. The highest BCUT2D eigenvalue weighted by atomic mass is 35.5. The number of hydrogen-bond donors (Lipinski definition) is 0. The van der Waals surface area contributed by atoms with Crippen LogP contribution in [-0.2, 0) is 6.54 Å². The van der Waals surface area contributed by atoms with E-state index in [0.717, 1.165) is 17.6 Å². The van der Waals surface area contributed by atoms with Gasteiger partial charge in [-0.1, -0.05) is 6.07 Å². The number of nitrogens with zero attached hydrogens (tertiary/aromatic N) is 4. The van der Waals surface area contributed by atoms with Crippen molar-refractivity contribution in [1.29, 1.82) is 0 Å². The molecular formula is C18H21ClN4O2. The van der Waals surface area contributed by atoms with Crippen molar-refractivity contribution in [2.24, 2.45) is 0 Å². The Labute approximate surface area is 152 Å². The van der Waals surface area contributed by atoms with Crippen molar-refractivity contribution < 1.29 is 4.74 Å². The summed E-state index contributed by atoms with van der Waals surface area (Å²) in [5, 5.41) is 5.94. The standard InChI is InChI=1S/C18H20N4O2.ClH/c1-21(2)10-11-22-18(23)14-8-7-13(24-3)12-15(14)17(20-22)16-6-4-5-9-19-16;/h4-9,12H,10-11H2,1-3H3;1H. The van der Waals surface area contributed by atoms with Crippen molar-refractivity contribution in [2.75, 3.05) is 27.7 Å². The Bertz CT molecular complexity index is 910. The third-order valence-electron chi connectivity index (χ3n) is 3.83. The van der Waals surface area contributed by atoms with E-state index in [1.165, 1.54) is 4.68 Å². The fourth-order valence-corrected chi connectivity index (χ4v) is 2.53. The molecule has 7 heteroatoms. The van der Waals surface area contributed by atoms with Crippen LogP contribution in [0.25, 0.3) is 22.2 Å². The molecule has 0 N–H and O–H groups in total. The minimum atomic E-state index is -0.103. The summed E-state index contributed by atoms with van der Waals surface area (Å²) >= 11 is 0. The first-order valence-electron chi connectivity index (χ1n) is 7.75. The smallest absolute Gasteiger partial charge is 0.274 e. The summed E-state index contributed by atoms with van der Waals surface area (Å²) in [7, 11) is 5.54. The zero-order valence-electron chi connectivity index (χ0n) is 14.5. The lowest BCUT2D eigenvalue weighted by Gasteiger charge is -2.14. The van der Waals surface area contributed by atoms with E-state index >= 15 is 0 Å². The number of halogens is 1. The minimum absolute atomic E-state index is 0. The second kappa shape index (κ2) is 8.09. The first-order chi connectivity index (χ1) is 11.6. The van der Waals surface area contributed by atoms with Gasteiger partial charge in [-0.05, 0) is 44.4 Å². The molecule has 0 saturated carbocycles. The van der Waals surface area contributed by atoms with Crippen LogP contribution >= 0.6 is 12.4 Å². The maximum atomic E-state index is 12.7. The van der Waals surface area contributed by atoms with Gasteiger partial charge in [0.05, 0.1) is 24.7 Å². The van der Waals surface area contributed by atoms with E-state index < -0.39 is 0 Å². The molecule has 0 bridgehead atoms. The molecule has 132 valence electrons. The molecule has 6 nitrogen and oxygen atoms in total. The maximum Gasteiger partial charge on any atom is 0.274 e. The molecule has 0 aliphatic heterocycles. The molecule has 25 heavy (non-hydrogen) atoms. The van der Waals surface area contributed by atoms with E-state index in [1.807, 2.05) is 43.3 Å². The molecule has 3 aromatic rings. The summed E-state index contributed by atoms with van der Waals surface area (Å²) in [4.78, 5) is 19.2. The molecular weight excluding hydrogens is 340 g/mol. The Kier molecular flexibility index (Phi) is 6.12. The van der Waals surface area contributed by atoms with E-state index in [0.29, 0.717) is 23.4 Å². The third-order valence-corrected chi connectivity index (χ3v) is 3.83. The van der Waals surface area contributed by atoms with Gasteiger partial charge < -0.3 is 9.64 Å². The number of aromatic nitrogens is 3. The van der Waals surface area contributed by atoms with Crippen LogP contribution in [0.4, 0.5) is 0 Å². The zero-order valence-corrected chi connectivity index (χ0v) is 15.3. The highest BCUT2D eigenvalue weighted by Gasteiger charge is 2.14. The quantitative estimate of drug-likeness (QED) is 0.699. The van der Waals surface area contributed by atoms with Crippen LogP contribution in [-0.4, -0.2) is 47.4 Å². The van der Waals surface area contributed by atoms with Crippen molar-refractivity contribution >= 4 is 23.2 Å². The van der Waals surface area contributed by atoms with Crippen molar-refractivity contribution in [2.45, 2.75) is 6.54 Å². The van der Waals surface area contributed by atoms with E-state index in [2.05, 4.69) is 10.1 Å². The molecule has 3 rings (SSSR count). The summed E-state index contributed by atoms with van der Waals surface area (Å²) in [6.45, 7) is 1.25. The molecule has 0 radical (unpaired) electrons. The number of likely N-dealkylation sites (N-methyl/N-ethyl adjacent to an activating group) is 1. The number of hydrogen-bond acceptors (Lipinski definition) is 5. The van der Waals surface area contributed by atoms with E-state index in [1.54, 1.807) is 25.4 Å². The SMILES string of the molecule is COc1ccc2c(=O)n(CCN(C)C)nc(-c3ccccn3)c2c1.Cl. The molecule has 0 amide bonds. The normalized spacial score (nSPS) is 10.7. The van der Waals surface area contributed by atoms with Crippen LogP contribution in [0.15, 0.2) is 47.4 Å². The van der Waals surface area contributed by atoms with Gasteiger partial charge >= 0.3 is 0 Å². The maximum absolute atomic E-state index is 12.7. The lowest BCUT2D eigenvalue weighted by molar-refractivity contribution is 0.369. The Balaban J connectivity index is 0.00000225. The van der Waals surface area contributed by atoms with Gasteiger partial charge in [-0.25, -0.2) is 4.68 Å². The van der Waals surface area contributed by atoms with Crippen LogP contribution in [0.2, 0.25) is 0 Å². The lowest BCUT2D eigenvalue weighted by atomic mass is 10.1. The highest BCUT2D eigenvalue weighted by molar-refractivity contribution is 5.93. The van der Waals surface area contributed by atoms with Crippen molar-refractivity contribution in [3.05, 3.63) is 52.9 Å². The number of rotatable bonds is 5. The average molecular weight is 361 g/mol. The van der Waals surface area contributed by atoms with Crippen LogP contribution < -0.4 is 10.3 Å². The van der Waals surface area contributed by atoms with Gasteiger partial charge in [0.15, 0.2) is 0 Å². The van der Waals surface area contributed by atoms with Crippen molar-refractivity contribution in [3.8, 4) is 17.1 Å². The molecule has 1 aromatic carbocycles. The molecule has 0 aliphatic carbocycles. The highest BCUT2D eigenvalue weighted by Crippen LogP contribution is 2.26. The summed E-state index contributed by atoms with van der Waals surface area (Å²) in [5.74, 6) is 0.687. The second-order valence-corrected chi connectivity index (χ2v) is 5.81. The monoisotopic (exact) mass is 360 g/mol. The van der Waals surface area contributed by atoms with Crippen LogP contribution in [0.1, 0.15) is 0 Å². The molecule has 0 fully saturated rings. The minimum Gasteiger partial charge on any atom is -0.497 e. The Hall–Kier alpha value is -2.44. The Morgan fingerprint density at radius 3 is 2.60 bits per heavy atom. The Morgan fingerprint density at radius 1 is 1.16 bits per heavy atom. The molecule has 2 heterocycles. The largest absolute Gasteiger partial charge is 0.497 e. The zero-order chi connectivity index (χ0) is 17.1. The third kappa shape index (κ3) is 3.97.